The summed E-state index contributed by atoms with van der Waals surface area (Å²) in [6.07, 6.45) is -0.0790. The van der Waals surface area contributed by atoms with E-state index in [-0.39, 0.29) is 96.3 Å². The number of carboxylic acids is 1. The van der Waals surface area contributed by atoms with E-state index in [9.17, 15) is 34.0 Å². The first-order valence-corrected chi connectivity index (χ1v) is 27.6. The normalized spacial score (nSPS) is 12.6. The van der Waals surface area contributed by atoms with Crippen molar-refractivity contribution < 1.29 is 106 Å². The Balaban J connectivity index is 0.000000296. The van der Waals surface area contributed by atoms with E-state index < -0.39 is 32.1 Å². The van der Waals surface area contributed by atoms with Gasteiger partial charge in [0.1, 0.15) is 12.2 Å². The third-order valence-corrected chi connectivity index (χ3v) is 12.9. The molecule has 9 aromatic rings. The van der Waals surface area contributed by atoms with Crippen LogP contribution in [0.2, 0.25) is 0 Å². The van der Waals surface area contributed by atoms with Gasteiger partial charge in [-0.15, -0.1) is 15.3 Å². The second-order valence-electron chi connectivity index (χ2n) is 19.3. The number of halogens is 1. The van der Waals surface area contributed by atoms with E-state index in [1.54, 1.807) is 55.3 Å². The summed E-state index contributed by atoms with van der Waals surface area (Å²) in [5, 5.41) is 55.0. The molecule has 0 spiro atoms. The number of fused-ring (bicyclic) bond motifs is 2. The first kappa shape index (κ1) is 76.1. The zero-order valence-corrected chi connectivity index (χ0v) is 53.6. The van der Waals surface area contributed by atoms with Gasteiger partial charge < -0.3 is 69.1 Å². The predicted octanol–water partition coefficient (Wildman–Crippen LogP) is 1.84. The molecule has 3 aromatic heterocycles. The number of ketones is 2. The Labute approximate surface area is 554 Å². The molecule has 2 atom stereocenters. The van der Waals surface area contributed by atoms with Gasteiger partial charge in [-0.1, -0.05) is 130 Å². The number of azide groups is 1. The Bertz CT molecular complexity index is 3870. The van der Waals surface area contributed by atoms with E-state index in [4.69, 9.17) is 30.4 Å². The van der Waals surface area contributed by atoms with Crippen molar-refractivity contribution in [1.82, 2.24) is 45.0 Å². The Hall–Kier alpha value is -9.14. The number of carbonyl (C=O) groups is 5. The third-order valence-electron chi connectivity index (χ3n) is 12.9. The van der Waals surface area contributed by atoms with Crippen molar-refractivity contribution in [3.63, 3.8) is 0 Å². The number of carbonyl (C=O) groups excluding carboxylic acids is 4. The van der Waals surface area contributed by atoms with Crippen LogP contribution >= 0.6 is 0 Å². The number of Topliss-reactive ketones (excluding diaryl/α,β-unsaturated/α-hetero) is 2. The number of nitrogens with two attached hydrogens (primary N) is 1. The summed E-state index contributed by atoms with van der Waals surface area (Å²) < 4.78 is 24.8. The molecule has 91 heavy (non-hydrogen) atoms. The molecule has 0 radical (unpaired) electrons. The number of benzene rings is 6. The Morgan fingerprint density at radius 2 is 1.03 bits per heavy atom. The van der Waals surface area contributed by atoms with Crippen LogP contribution in [0.1, 0.15) is 118 Å². The van der Waals surface area contributed by atoms with Crippen molar-refractivity contribution in [2.45, 2.75) is 80.4 Å². The van der Waals surface area contributed by atoms with Crippen LogP contribution in [0.25, 0.3) is 27.5 Å². The van der Waals surface area contributed by atoms with Crippen LogP contribution in [0.5, 0.6) is 0 Å². The van der Waals surface area contributed by atoms with E-state index in [1.165, 1.54) is 11.6 Å². The van der Waals surface area contributed by atoms with Crippen LogP contribution in [-0.2, 0) is 34.8 Å². The SMILES string of the molecule is CC1OB(O)c2cc(N)ccc21.CCOC(=O)CC(C)=O.CCOC(=O)c1nnn(-c2ccccc2)c1C.Cc1c(C(=O)Cc2ccc3c(c2)B(O)OC3C)nnn1-c1ccccc1.Cc1c(C(=O)O)nnn1-c1ccccc1.[I-].[Li+].[N-]=[N+]=Nc1ccccc1.[OH-]. The van der Waals surface area contributed by atoms with Gasteiger partial charge in [0.05, 0.1) is 59.6 Å². The molecule has 0 fully saturated rings. The molecule has 30 heteroatoms. The molecular weight excluding hydrogens is 1280 g/mol. The van der Waals surface area contributed by atoms with Gasteiger partial charge >= 0.3 is 51.0 Å². The number of nitrogens with zero attached hydrogens (tertiary/aromatic N) is 12. The number of para-hydroxylation sites is 3. The summed E-state index contributed by atoms with van der Waals surface area (Å²) in [7, 11) is -1.74. The maximum Gasteiger partial charge on any atom is 1.00 e. The summed E-state index contributed by atoms with van der Waals surface area (Å²) >= 11 is 0. The van der Waals surface area contributed by atoms with Gasteiger partial charge in [-0.05, 0) is 137 Å². The predicted molar refractivity (Wildman–Crippen MR) is 330 cm³/mol. The number of ether oxygens (including phenoxy) is 2. The Kier molecular flexibility index (Phi) is 31.6. The monoisotopic (exact) mass is 1340 g/mol. The summed E-state index contributed by atoms with van der Waals surface area (Å²) in [5.74, 6) is -2.20. The number of hydrogen-bond acceptors (Lipinski definition) is 20. The quantitative estimate of drug-likeness (QED) is 0.0147. The number of rotatable bonds is 13. The maximum absolute atomic E-state index is 12.7. The van der Waals surface area contributed by atoms with Crippen molar-refractivity contribution in [2.24, 2.45) is 5.11 Å². The standard InChI is InChI=1S/C19H18BN3O3.C12H13N3O2.C10H9N3O2.C8H10BNO2.C6H5N3.C6H10O3.HI.Li.H2O/c1-12-19(21-22-23(12)15-6-4-3-5-7-15)18(24)11-14-8-9-16-13(2)26-20(25)17(16)10-14;1-3-17-12(16)11-9(2)15(14-13-11)10-7-5-4-6-8-10;1-7-9(10(14)15)11-12-13(7)8-5-3-2-4-6-8;1-5-7-3-2-6(10)4-8(7)9(11)12-5;7-9-8-6-4-2-1-3-5-6;1-3-9-6(8)4-5(2)7;;;/h3-10,13,25H,11H2,1-2H3;4-8H,3H2,1-2H3;2-6H,1H3,(H,14,15);2-5,11H,10H2,1H3;1-5H;3-4H2,1-2H3;1H;;1H2/q;;;;;;;+1;/p-2. The summed E-state index contributed by atoms with van der Waals surface area (Å²) in [6, 6.07) is 48.5. The number of anilines is 1. The van der Waals surface area contributed by atoms with Gasteiger partial charge in [-0.25, -0.2) is 23.6 Å². The van der Waals surface area contributed by atoms with E-state index in [1.807, 2.05) is 160 Å². The van der Waals surface area contributed by atoms with Crippen molar-refractivity contribution >= 4 is 66.0 Å². The average Bonchev–Trinajstić information content (AvgIpc) is 1.88. The van der Waals surface area contributed by atoms with Crippen LogP contribution in [0, 0.1) is 20.8 Å². The van der Waals surface area contributed by atoms with E-state index in [0.717, 1.165) is 44.7 Å². The molecule has 0 saturated heterocycles. The number of aromatic nitrogens is 9. The van der Waals surface area contributed by atoms with Gasteiger partial charge in [0.2, 0.25) is 0 Å². The fourth-order valence-corrected chi connectivity index (χ4v) is 8.68. The molecule has 0 amide bonds. The molecular formula is C61H66B2ILiN13O13-. The molecule has 0 aliphatic carbocycles. The number of aromatic carboxylic acids is 1. The zero-order valence-electron chi connectivity index (χ0n) is 51.4. The van der Waals surface area contributed by atoms with Crippen molar-refractivity contribution in [3.05, 3.63) is 219 Å². The number of carboxylic acid groups (broad SMARTS) is 1. The van der Waals surface area contributed by atoms with Crippen molar-refractivity contribution in [3.8, 4) is 17.1 Å². The molecule has 2 aliphatic rings. The summed E-state index contributed by atoms with van der Waals surface area (Å²) in [5.41, 5.74) is 24.2. The van der Waals surface area contributed by atoms with Gasteiger partial charge in [0.25, 0.3) is 0 Å². The summed E-state index contributed by atoms with van der Waals surface area (Å²) in [6.45, 7) is 14.6. The van der Waals surface area contributed by atoms with Crippen LogP contribution in [-0.4, -0.2) is 123 Å². The molecule has 2 unspecified atom stereocenters. The topological polar surface area (TPSA) is 380 Å². The first-order chi connectivity index (χ1) is 42.3. The fraction of sp³-hybridized carbons (Fsp3) is 0.230. The Morgan fingerprint density at radius 1 is 0.626 bits per heavy atom. The largest absolute Gasteiger partial charge is 1.00 e. The number of nitrogen functional groups attached to an aromatic ring is 1. The third kappa shape index (κ3) is 21.5. The van der Waals surface area contributed by atoms with Crippen LogP contribution in [0.3, 0.4) is 0 Å². The minimum absolute atomic E-state index is 0. The van der Waals surface area contributed by atoms with Crippen LogP contribution < -0.4 is 59.5 Å². The van der Waals surface area contributed by atoms with Gasteiger partial charge in [0, 0.05) is 22.7 Å². The minimum Gasteiger partial charge on any atom is -1.00 e. The second kappa shape index (κ2) is 37.8. The van der Waals surface area contributed by atoms with E-state index >= 15 is 0 Å². The average molecular weight is 1340 g/mol. The number of hydrogen-bond donors (Lipinski definition) is 4. The van der Waals surface area contributed by atoms with Crippen LogP contribution in [0.15, 0.2) is 163 Å². The molecule has 5 heterocycles. The molecule has 11 rings (SSSR count). The molecule has 6 N–H and O–H groups in total. The van der Waals surface area contributed by atoms with E-state index in [2.05, 4.69) is 45.7 Å². The van der Waals surface area contributed by atoms with Crippen LogP contribution in [0.4, 0.5) is 11.4 Å². The minimum atomic E-state index is -1.06. The molecule has 0 saturated carbocycles. The maximum atomic E-state index is 12.7. The zero-order chi connectivity index (χ0) is 63.9. The molecule has 26 nitrogen and oxygen atoms in total. The second-order valence-corrected chi connectivity index (χ2v) is 19.3. The number of esters is 2. The smallest absolute Gasteiger partial charge is 1.00 e. The van der Waals surface area contributed by atoms with Gasteiger partial charge in [-0.3, -0.25) is 14.4 Å². The molecule has 6 aromatic carbocycles. The fourth-order valence-electron chi connectivity index (χ4n) is 8.68. The molecule has 2 aliphatic heterocycles. The van der Waals surface area contributed by atoms with Gasteiger partial charge in [0.15, 0.2) is 22.9 Å². The van der Waals surface area contributed by atoms with Crippen molar-refractivity contribution in [1.29, 1.82) is 0 Å². The summed E-state index contributed by atoms with van der Waals surface area (Å²) in [4.78, 5) is 58.3. The van der Waals surface area contributed by atoms with E-state index in [0.29, 0.717) is 47.4 Å². The Morgan fingerprint density at radius 3 is 1.46 bits per heavy atom. The first-order valence-electron chi connectivity index (χ1n) is 27.6. The molecule has 468 valence electrons. The van der Waals surface area contributed by atoms with Gasteiger partial charge in [-0.2, -0.15) is 0 Å². The molecule has 0 bridgehead atoms. The van der Waals surface area contributed by atoms with Crippen molar-refractivity contribution in [2.75, 3.05) is 18.9 Å².